The van der Waals surface area contributed by atoms with Crippen LogP contribution in [0.5, 0.6) is 0 Å². The predicted octanol–water partition coefficient (Wildman–Crippen LogP) is 3.40. The molecule has 0 aliphatic rings. The topological polar surface area (TPSA) is 68.5 Å². The number of carbonyl (C=O) groups excluding carboxylic acids is 2. The SMILES string of the molecule is COC(=O)[C@@H](CC(C)C)NC(=O)c1cc2cc(Cl)ccc2o1. The molecule has 0 saturated heterocycles. The van der Waals surface area contributed by atoms with Crippen LogP contribution in [0.3, 0.4) is 0 Å². The van der Waals surface area contributed by atoms with Gasteiger partial charge in [0.25, 0.3) is 5.91 Å². The zero-order valence-electron chi connectivity index (χ0n) is 12.7. The van der Waals surface area contributed by atoms with Gasteiger partial charge in [0.2, 0.25) is 0 Å². The second kappa shape index (κ2) is 6.83. The van der Waals surface area contributed by atoms with Crippen molar-refractivity contribution in [1.82, 2.24) is 5.32 Å². The van der Waals surface area contributed by atoms with E-state index in [-0.39, 0.29) is 11.7 Å². The van der Waals surface area contributed by atoms with Gasteiger partial charge in [-0.2, -0.15) is 0 Å². The quantitative estimate of drug-likeness (QED) is 0.856. The van der Waals surface area contributed by atoms with Crippen LogP contribution in [-0.4, -0.2) is 25.0 Å². The highest BCUT2D eigenvalue weighted by Gasteiger charge is 2.24. The van der Waals surface area contributed by atoms with E-state index in [0.29, 0.717) is 17.0 Å². The number of fused-ring (bicyclic) bond motifs is 1. The number of halogens is 1. The molecule has 1 aromatic heterocycles. The minimum Gasteiger partial charge on any atom is -0.467 e. The Morgan fingerprint density at radius 2 is 2.05 bits per heavy atom. The Morgan fingerprint density at radius 3 is 2.68 bits per heavy atom. The normalized spacial score (nSPS) is 12.4. The van der Waals surface area contributed by atoms with Crippen LogP contribution in [0.1, 0.15) is 30.8 Å². The Labute approximate surface area is 133 Å². The monoisotopic (exact) mass is 323 g/mol. The fourth-order valence-corrected chi connectivity index (χ4v) is 2.36. The molecule has 22 heavy (non-hydrogen) atoms. The van der Waals surface area contributed by atoms with Gasteiger partial charge in [0.1, 0.15) is 11.6 Å². The highest BCUT2D eigenvalue weighted by atomic mass is 35.5. The lowest BCUT2D eigenvalue weighted by Gasteiger charge is -2.17. The molecule has 1 atom stereocenters. The first kappa shape index (κ1) is 16.4. The number of benzene rings is 1. The van der Waals surface area contributed by atoms with E-state index in [1.165, 1.54) is 7.11 Å². The Hall–Kier alpha value is -2.01. The lowest BCUT2D eigenvalue weighted by Crippen LogP contribution is -2.42. The molecule has 0 bridgehead atoms. The molecule has 1 N–H and O–H groups in total. The molecule has 1 aromatic carbocycles. The smallest absolute Gasteiger partial charge is 0.328 e. The molecule has 0 radical (unpaired) electrons. The zero-order valence-corrected chi connectivity index (χ0v) is 13.4. The van der Waals surface area contributed by atoms with Gasteiger partial charge in [-0.25, -0.2) is 4.79 Å². The van der Waals surface area contributed by atoms with Gasteiger partial charge >= 0.3 is 5.97 Å². The molecule has 118 valence electrons. The van der Waals surface area contributed by atoms with Crippen LogP contribution in [0.4, 0.5) is 0 Å². The third-order valence-corrected chi connectivity index (χ3v) is 3.44. The number of esters is 1. The number of carbonyl (C=O) groups is 2. The second-order valence-corrected chi connectivity index (χ2v) is 5.91. The Balaban J connectivity index is 2.19. The average molecular weight is 324 g/mol. The maximum absolute atomic E-state index is 12.3. The highest BCUT2D eigenvalue weighted by Crippen LogP contribution is 2.23. The van der Waals surface area contributed by atoms with E-state index in [4.69, 9.17) is 20.8 Å². The van der Waals surface area contributed by atoms with E-state index in [1.54, 1.807) is 24.3 Å². The van der Waals surface area contributed by atoms with Gasteiger partial charge in [-0.15, -0.1) is 0 Å². The Bertz CT molecular complexity index is 693. The average Bonchev–Trinajstić information content (AvgIpc) is 2.88. The molecule has 5 nitrogen and oxygen atoms in total. The molecule has 6 heteroatoms. The van der Waals surface area contributed by atoms with Gasteiger partial charge < -0.3 is 14.5 Å². The summed E-state index contributed by atoms with van der Waals surface area (Å²) < 4.78 is 10.2. The summed E-state index contributed by atoms with van der Waals surface area (Å²) in [7, 11) is 1.30. The second-order valence-electron chi connectivity index (χ2n) is 5.47. The summed E-state index contributed by atoms with van der Waals surface area (Å²) in [4.78, 5) is 24.0. The van der Waals surface area contributed by atoms with Crippen LogP contribution >= 0.6 is 11.6 Å². The summed E-state index contributed by atoms with van der Waals surface area (Å²) in [6.45, 7) is 3.93. The largest absolute Gasteiger partial charge is 0.467 e. The summed E-state index contributed by atoms with van der Waals surface area (Å²) in [6, 6.07) is 5.99. The first-order valence-corrected chi connectivity index (χ1v) is 7.36. The molecule has 0 aliphatic carbocycles. The van der Waals surface area contributed by atoms with E-state index in [0.717, 1.165) is 5.39 Å². The summed E-state index contributed by atoms with van der Waals surface area (Å²) in [5, 5.41) is 3.95. The molecule has 0 spiro atoms. The number of rotatable bonds is 5. The van der Waals surface area contributed by atoms with Crippen molar-refractivity contribution in [2.75, 3.05) is 7.11 Å². The molecule has 2 rings (SSSR count). The summed E-state index contributed by atoms with van der Waals surface area (Å²) in [6.07, 6.45) is 0.491. The van der Waals surface area contributed by atoms with Crippen molar-refractivity contribution in [3.63, 3.8) is 0 Å². The van der Waals surface area contributed by atoms with Gasteiger partial charge in [0, 0.05) is 10.4 Å². The highest BCUT2D eigenvalue weighted by molar-refractivity contribution is 6.31. The van der Waals surface area contributed by atoms with Gasteiger partial charge in [-0.05, 0) is 36.6 Å². The molecule has 1 amide bonds. The Morgan fingerprint density at radius 1 is 1.32 bits per heavy atom. The van der Waals surface area contributed by atoms with Gasteiger partial charge in [-0.1, -0.05) is 25.4 Å². The van der Waals surface area contributed by atoms with E-state index < -0.39 is 17.9 Å². The summed E-state index contributed by atoms with van der Waals surface area (Å²) in [5.74, 6) is -0.557. The van der Waals surface area contributed by atoms with Crippen molar-refractivity contribution < 1.29 is 18.7 Å². The minimum absolute atomic E-state index is 0.134. The van der Waals surface area contributed by atoms with Crippen molar-refractivity contribution in [1.29, 1.82) is 0 Å². The lowest BCUT2D eigenvalue weighted by molar-refractivity contribution is -0.143. The molecular weight excluding hydrogens is 306 g/mol. The standard InChI is InChI=1S/C16H18ClNO4/c1-9(2)6-12(16(20)21-3)18-15(19)14-8-10-7-11(17)4-5-13(10)22-14/h4-5,7-9,12H,6H2,1-3H3,(H,18,19)/t12-/m1/s1. The van der Waals surface area contributed by atoms with Crippen molar-refractivity contribution in [3.05, 3.63) is 35.0 Å². The van der Waals surface area contributed by atoms with Gasteiger partial charge in [-0.3, -0.25) is 4.79 Å². The van der Waals surface area contributed by atoms with Crippen LogP contribution < -0.4 is 5.32 Å². The number of furan rings is 1. The maximum Gasteiger partial charge on any atom is 0.328 e. The van der Waals surface area contributed by atoms with Crippen molar-refractivity contribution in [3.8, 4) is 0 Å². The third kappa shape index (κ3) is 3.80. The molecule has 0 unspecified atom stereocenters. The zero-order chi connectivity index (χ0) is 16.3. The number of hydrogen-bond donors (Lipinski definition) is 1. The molecule has 0 aliphatic heterocycles. The van der Waals surface area contributed by atoms with Crippen molar-refractivity contribution in [2.45, 2.75) is 26.3 Å². The molecule has 0 saturated carbocycles. The van der Waals surface area contributed by atoms with Crippen LogP contribution in [0, 0.1) is 5.92 Å². The van der Waals surface area contributed by atoms with Crippen LogP contribution in [0.2, 0.25) is 5.02 Å². The first-order valence-electron chi connectivity index (χ1n) is 6.98. The summed E-state index contributed by atoms with van der Waals surface area (Å²) in [5.41, 5.74) is 0.563. The molecule has 2 aromatic rings. The van der Waals surface area contributed by atoms with Gasteiger partial charge in [0.05, 0.1) is 7.11 Å². The first-order chi connectivity index (χ1) is 10.4. The summed E-state index contributed by atoms with van der Waals surface area (Å²) >= 11 is 5.91. The third-order valence-electron chi connectivity index (χ3n) is 3.20. The van der Waals surface area contributed by atoms with Crippen LogP contribution in [-0.2, 0) is 9.53 Å². The van der Waals surface area contributed by atoms with E-state index in [1.807, 2.05) is 13.8 Å². The van der Waals surface area contributed by atoms with Crippen molar-refractivity contribution in [2.24, 2.45) is 5.92 Å². The van der Waals surface area contributed by atoms with Crippen LogP contribution in [0.25, 0.3) is 11.0 Å². The number of methoxy groups -OCH3 is 1. The molecular formula is C16H18ClNO4. The number of amides is 1. The van der Waals surface area contributed by atoms with E-state index >= 15 is 0 Å². The predicted molar refractivity (Wildman–Crippen MR) is 83.9 cm³/mol. The fraction of sp³-hybridized carbons (Fsp3) is 0.375. The van der Waals surface area contributed by atoms with E-state index in [9.17, 15) is 9.59 Å². The van der Waals surface area contributed by atoms with Crippen LogP contribution in [0.15, 0.2) is 28.7 Å². The fourth-order valence-electron chi connectivity index (χ4n) is 2.18. The van der Waals surface area contributed by atoms with E-state index in [2.05, 4.69) is 5.32 Å². The molecule has 1 heterocycles. The minimum atomic E-state index is -0.700. The number of nitrogens with one attached hydrogen (secondary N) is 1. The van der Waals surface area contributed by atoms with Gasteiger partial charge in [0.15, 0.2) is 5.76 Å². The van der Waals surface area contributed by atoms with Crippen molar-refractivity contribution >= 4 is 34.4 Å². The lowest BCUT2D eigenvalue weighted by atomic mass is 10.0. The Kier molecular flexibility index (Phi) is 5.08. The molecule has 0 fully saturated rings. The number of ether oxygens (including phenoxy) is 1. The maximum atomic E-state index is 12.3. The number of hydrogen-bond acceptors (Lipinski definition) is 4.